The van der Waals surface area contributed by atoms with Gasteiger partial charge in [-0.25, -0.2) is 9.18 Å². The number of anilines is 1. The van der Waals surface area contributed by atoms with Crippen molar-refractivity contribution in [1.29, 1.82) is 0 Å². The molecule has 0 radical (unpaired) electrons. The normalized spacial score (nSPS) is 17.1. The van der Waals surface area contributed by atoms with E-state index in [1.165, 1.54) is 17.0 Å². The lowest BCUT2D eigenvalue weighted by atomic mass is 10.00. The van der Waals surface area contributed by atoms with Crippen molar-refractivity contribution in [2.24, 2.45) is 0 Å². The molecule has 0 saturated carbocycles. The number of nitrogens with zero attached hydrogens (tertiary/aromatic N) is 1. The van der Waals surface area contributed by atoms with Gasteiger partial charge in [0, 0.05) is 17.8 Å². The van der Waals surface area contributed by atoms with Gasteiger partial charge < -0.3 is 15.4 Å². The maximum absolute atomic E-state index is 13.3. The first-order valence-corrected chi connectivity index (χ1v) is 11.4. The molecule has 2 atom stereocenters. The monoisotopic (exact) mass is 475 g/mol. The Morgan fingerprint density at radius 2 is 1.74 bits per heavy atom. The topological polar surface area (TPSA) is 87.7 Å². The Balaban J connectivity index is 1.59. The van der Waals surface area contributed by atoms with E-state index in [0.29, 0.717) is 28.9 Å². The maximum atomic E-state index is 13.3. The van der Waals surface area contributed by atoms with Crippen LogP contribution in [0, 0.1) is 5.82 Å². The highest BCUT2D eigenvalue weighted by atomic mass is 19.1. The molecule has 8 heteroatoms. The second-order valence-electron chi connectivity index (χ2n) is 8.24. The Kier molecular flexibility index (Phi) is 7.40. The van der Waals surface area contributed by atoms with Crippen LogP contribution in [0.4, 0.5) is 14.9 Å². The lowest BCUT2D eigenvalue weighted by molar-refractivity contribution is -0.126. The van der Waals surface area contributed by atoms with E-state index in [0.717, 1.165) is 6.42 Å². The molecule has 7 nitrogen and oxygen atoms in total. The first-order valence-electron chi connectivity index (χ1n) is 11.4. The zero-order valence-electron chi connectivity index (χ0n) is 19.2. The minimum Gasteiger partial charge on any atom is -0.438 e. The molecule has 4 rings (SSSR count). The number of amides is 3. The van der Waals surface area contributed by atoms with E-state index in [2.05, 4.69) is 10.6 Å². The molecule has 180 valence electrons. The van der Waals surface area contributed by atoms with Crippen LogP contribution in [0.2, 0.25) is 0 Å². The lowest BCUT2D eigenvalue weighted by Crippen LogP contribution is -2.46. The Hall–Kier alpha value is -4.20. The van der Waals surface area contributed by atoms with E-state index in [4.69, 9.17) is 4.74 Å². The number of hydrogen-bond acceptors (Lipinski definition) is 4. The first kappa shape index (κ1) is 23.9. The summed E-state index contributed by atoms with van der Waals surface area (Å²) in [4.78, 5) is 39.9. The van der Waals surface area contributed by atoms with Crippen LogP contribution in [0.25, 0.3) is 0 Å². The van der Waals surface area contributed by atoms with Crippen molar-refractivity contribution in [1.82, 2.24) is 10.2 Å². The van der Waals surface area contributed by atoms with Crippen molar-refractivity contribution in [3.05, 3.63) is 101 Å². The van der Waals surface area contributed by atoms with Crippen LogP contribution in [-0.2, 0) is 16.1 Å². The van der Waals surface area contributed by atoms with E-state index in [9.17, 15) is 18.8 Å². The minimum atomic E-state index is -0.931. The fraction of sp³-hybridized carbons (Fsp3) is 0.222. The Bertz CT molecular complexity index is 1200. The Morgan fingerprint density at radius 1 is 1.00 bits per heavy atom. The molecule has 0 spiro atoms. The lowest BCUT2D eigenvalue weighted by Gasteiger charge is -2.24. The summed E-state index contributed by atoms with van der Waals surface area (Å²) in [6.45, 7) is 2.47. The van der Waals surface area contributed by atoms with Gasteiger partial charge in [-0.3, -0.25) is 14.5 Å². The van der Waals surface area contributed by atoms with Crippen LogP contribution in [-0.4, -0.2) is 35.4 Å². The summed E-state index contributed by atoms with van der Waals surface area (Å²) in [5, 5.41) is 5.68. The first-order chi connectivity index (χ1) is 17.0. The highest BCUT2D eigenvalue weighted by molar-refractivity contribution is 6.04. The van der Waals surface area contributed by atoms with Crippen molar-refractivity contribution < 1.29 is 23.5 Å². The number of cyclic esters (lactones) is 1. The van der Waals surface area contributed by atoms with Gasteiger partial charge >= 0.3 is 6.09 Å². The summed E-state index contributed by atoms with van der Waals surface area (Å²) < 4.78 is 19.0. The molecule has 0 unspecified atom stereocenters. The number of nitrogens with one attached hydrogen (secondary N) is 2. The SMILES string of the molecule is CCCNC(=O)[C@H]1[C@H](c2cccc(NC(=O)c3ccccc3)c2)OC(=O)N1Cc1ccc(F)cc1. The zero-order valence-corrected chi connectivity index (χ0v) is 19.2. The number of ether oxygens (including phenoxy) is 1. The fourth-order valence-corrected chi connectivity index (χ4v) is 3.94. The molecule has 1 aliphatic rings. The van der Waals surface area contributed by atoms with Crippen molar-refractivity contribution in [2.45, 2.75) is 32.0 Å². The Morgan fingerprint density at radius 3 is 2.46 bits per heavy atom. The molecule has 1 fully saturated rings. The molecule has 0 aromatic heterocycles. The third kappa shape index (κ3) is 5.66. The molecule has 0 bridgehead atoms. The van der Waals surface area contributed by atoms with Gasteiger partial charge in [-0.05, 0) is 53.9 Å². The van der Waals surface area contributed by atoms with Crippen molar-refractivity contribution in [2.75, 3.05) is 11.9 Å². The van der Waals surface area contributed by atoms with E-state index < -0.39 is 18.2 Å². The van der Waals surface area contributed by atoms with Gasteiger partial charge in [0.1, 0.15) is 5.82 Å². The van der Waals surface area contributed by atoms with Crippen LogP contribution in [0.1, 0.15) is 40.9 Å². The van der Waals surface area contributed by atoms with Crippen molar-refractivity contribution in [3.63, 3.8) is 0 Å². The molecule has 1 aliphatic heterocycles. The number of benzene rings is 3. The van der Waals surface area contributed by atoms with Gasteiger partial charge in [-0.1, -0.05) is 49.4 Å². The number of carbonyl (C=O) groups is 3. The quantitative estimate of drug-likeness (QED) is 0.496. The van der Waals surface area contributed by atoms with Crippen LogP contribution in [0.15, 0.2) is 78.9 Å². The molecule has 3 amide bonds. The van der Waals surface area contributed by atoms with E-state index in [-0.39, 0.29) is 24.2 Å². The van der Waals surface area contributed by atoms with Gasteiger partial charge in [0.05, 0.1) is 6.54 Å². The highest BCUT2D eigenvalue weighted by Gasteiger charge is 2.46. The Labute approximate surface area is 202 Å². The molecule has 3 aromatic rings. The average Bonchev–Trinajstić information content (AvgIpc) is 3.20. The largest absolute Gasteiger partial charge is 0.438 e. The van der Waals surface area contributed by atoms with Gasteiger partial charge in [0.15, 0.2) is 12.1 Å². The second kappa shape index (κ2) is 10.8. The van der Waals surface area contributed by atoms with Crippen molar-refractivity contribution >= 4 is 23.6 Å². The molecule has 35 heavy (non-hydrogen) atoms. The van der Waals surface area contributed by atoms with Crippen LogP contribution in [0.5, 0.6) is 0 Å². The smallest absolute Gasteiger partial charge is 0.411 e. The number of rotatable bonds is 8. The highest BCUT2D eigenvalue weighted by Crippen LogP contribution is 2.35. The predicted molar refractivity (Wildman–Crippen MR) is 129 cm³/mol. The molecule has 1 heterocycles. The van der Waals surface area contributed by atoms with Gasteiger partial charge in [0.2, 0.25) is 5.91 Å². The molecular formula is C27H26FN3O4. The van der Waals surface area contributed by atoms with Crippen LogP contribution < -0.4 is 10.6 Å². The summed E-state index contributed by atoms with van der Waals surface area (Å²) in [7, 11) is 0. The summed E-state index contributed by atoms with van der Waals surface area (Å²) in [6.07, 6.45) is -0.792. The minimum absolute atomic E-state index is 0.0876. The van der Waals surface area contributed by atoms with Crippen molar-refractivity contribution in [3.8, 4) is 0 Å². The second-order valence-corrected chi connectivity index (χ2v) is 8.24. The summed E-state index contributed by atoms with van der Waals surface area (Å²) in [5.74, 6) is -1.01. The van der Waals surface area contributed by atoms with Gasteiger partial charge in [-0.15, -0.1) is 0 Å². The number of halogens is 1. The number of carbonyl (C=O) groups excluding carboxylic acids is 3. The molecule has 0 aliphatic carbocycles. The van der Waals surface area contributed by atoms with Crippen LogP contribution >= 0.6 is 0 Å². The molecule has 2 N–H and O–H groups in total. The molecular weight excluding hydrogens is 449 g/mol. The zero-order chi connectivity index (χ0) is 24.8. The van der Waals surface area contributed by atoms with E-state index in [1.54, 1.807) is 60.7 Å². The van der Waals surface area contributed by atoms with Gasteiger partial charge in [-0.2, -0.15) is 0 Å². The number of hydrogen-bond donors (Lipinski definition) is 2. The van der Waals surface area contributed by atoms with Crippen LogP contribution in [0.3, 0.4) is 0 Å². The van der Waals surface area contributed by atoms with E-state index >= 15 is 0 Å². The summed E-state index contributed by atoms with van der Waals surface area (Å²) in [5.41, 5.74) is 2.26. The predicted octanol–water partition coefficient (Wildman–Crippen LogP) is 4.67. The third-order valence-corrected chi connectivity index (χ3v) is 5.68. The third-order valence-electron chi connectivity index (χ3n) is 5.68. The maximum Gasteiger partial charge on any atom is 0.411 e. The molecule has 1 saturated heterocycles. The summed E-state index contributed by atoms with van der Waals surface area (Å²) in [6, 6.07) is 20.5. The van der Waals surface area contributed by atoms with Gasteiger partial charge in [0.25, 0.3) is 5.91 Å². The standard InChI is InChI=1S/C27H26FN3O4/c1-2-15-29-26(33)23-24(35-27(34)31(23)17-18-11-13-21(28)14-12-18)20-9-6-10-22(16-20)30-25(32)19-7-4-3-5-8-19/h3-14,16,23-24H,2,15,17H2,1H3,(H,29,33)(H,30,32)/t23-,24+/m1/s1. The fourth-order valence-electron chi connectivity index (χ4n) is 3.94. The average molecular weight is 476 g/mol. The summed E-state index contributed by atoms with van der Waals surface area (Å²) >= 11 is 0. The van der Waals surface area contributed by atoms with E-state index in [1.807, 2.05) is 13.0 Å². The molecule has 3 aromatic carbocycles.